The van der Waals surface area contributed by atoms with Gasteiger partial charge in [0.25, 0.3) is 0 Å². The van der Waals surface area contributed by atoms with Crippen LogP contribution in [0.4, 0.5) is 0 Å². The second kappa shape index (κ2) is 39.9. The van der Waals surface area contributed by atoms with Gasteiger partial charge in [-0.15, -0.1) is 0 Å². The second-order valence-corrected chi connectivity index (χ2v) is 35.1. The zero-order chi connectivity index (χ0) is 86.5. The summed E-state index contributed by atoms with van der Waals surface area (Å²) in [5.41, 5.74) is 17.3. The molecule has 1 aliphatic carbocycles. The number of fused-ring (bicyclic) bond motifs is 32. The smallest absolute Gasteiger partial charge is 0.338 e. The minimum atomic E-state index is -0.418. The molecule has 0 aliphatic heterocycles. The molecule has 0 aromatic heterocycles. The summed E-state index contributed by atoms with van der Waals surface area (Å²) in [6.45, 7) is 20.8. The molecule has 15 bridgehead atoms. The predicted octanol–water partition coefficient (Wildman–Crippen LogP) is 31.1. The average molecular weight is 1640 g/mol. The van der Waals surface area contributed by atoms with Crippen LogP contribution in [0.2, 0.25) is 0 Å². The van der Waals surface area contributed by atoms with E-state index in [0.29, 0.717) is 58.8 Å². The van der Waals surface area contributed by atoms with E-state index in [1.54, 1.807) is 0 Å². The molecule has 0 amide bonds. The Labute approximate surface area is 739 Å². The third kappa shape index (κ3) is 19.0. The number of hydrogen-bond acceptors (Lipinski definition) is 6. The molecule has 0 saturated carbocycles. The van der Waals surface area contributed by atoms with Crippen LogP contribution in [0.1, 0.15) is 284 Å². The number of carbonyl (C=O) groups is 3. The summed E-state index contributed by atoms with van der Waals surface area (Å²) in [5.74, 6) is 28.4. The normalized spacial score (nSPS) is 11.7. The van der Waals surface area contributed by atoms with Crippen molar-refractivity contribution < 1.29 is 28.6 Å². The third-order valence-corrected chi connectivity index (χ3v) is 25.7. The van der Waals surface area contributed by atoms with Crippen molar-refractivity contribution in [2.75, 3.05) is 19.8 Å². The van der Waals surface area contributed by atoms with Gasteiger partial charge in [0.1, 0.15) is 0 Å². The van der Waals surface area contributed by atoms with Crippen LogP contribution in [0, 0.1) is 88.9 Å². The van der Waals surface area contributed by atoms with E-state index in [0.717, 1.165) is 233 Å². The lowest BCUT2D eigenvalue weighted by atomic mass is 9.85. The highest BCUT2D eigenvalue weighted by molar-refractivity contribution is 6.28. The molecular formula is C119H114O6. The Balaban J connectivity index is 0.930. The lowest BCUT2D eigenvalue weighted by Crippen LogP contribution is -2.07. The highest BCUT2D eigenvalue weighted by Gasteiger charge is 2.24. The molecule has 0 N–H and O–H groups in total. The SMILES string of the molecule is CCCCCCCCCCOC(=O)c1cc2cc(c1)C#Cc1cc3cc(c4cccc(C)c4c3c3c(C)cccc13)-c1cc(cc(C(=O)OCCCCCCCCCC)c1)C#Cc1cc3cc(c4cccc(C)c4c3c3c(C)cccc13)C#Cc1cc(C(=O)OCCCCCCCCCC)cc(c1)-c1cc3cc(c4cccc(C)c4c3c3c(C)cccc13)C#C2. The van der Waals surface area contributed by atoms with E-state index in [1.165, 1.54) is 96.3 Å². The summed E-state index contributed by atoms with van der Waals surface area (Å²) in [6, 6.07) is 70.1. The van der Waals surface area contributed by atoms with Crippen molar-refractivity contribution >= 4 is 115 Å². The summed E-state index contributed by atoms with van der Waals surface area (Å²) in [4.78, 5) is 44.6. The van der Waals surface area contributed by atoms with Crippen LogP contribution in [-0.4, -0.2) is 37.7 Å². The van der Waals surface area contributed by atoms with Crippen LogP contribution in [0.15, 0.2) is 200 Å². The van der Waals surface area contributed by atoms with Crippen molar-refractivity contribution in [1.29, 1.82) is 0 Å². The number of unbranched alkanes of at least 4 members (excludes halogenated alkanes) is 21. The minimum Gasteiger partial charge on any atom is -0.462 e. The lowest BCUT2D eigenvalue weighted by Gasteiger charge is -2.18. The minimum absolute atomic E-state index is 0.312. The maximum Gasteiger partial charge on any atom is 0.338 e. The molecule has 0 atom stereocenters. The summed E-state index contributed by atoms with van der Waals surface area (Å²) < 4.78 is 18.7. The van der Waals surface area contributed by atoms with Gasteiger partial charge < -0.3 is 14.2 Å². The summed E-state index contributed by atoms with van der Waals surface area (Å²) in [7, 11) is 0. The number of hydrogen-bond donors (Lipinski definition) is 0. The molecule has 0 radical (unpaired) electrons. The Morgan fingerprint density at radius 2 is 0.464 bits per heavy atom. The molecule has 15 aromatic rings. The van der Waals surface area contributed by atoms with Gasteiger partial charge in [0, 0.05) is 44.5 Å². The van der Waals surface area contributed by atoms with E-state index >= 15 is 0 Å². The summed E-state index contributed by atoms with van der Waals surface area (Å²) in [5, 5.41) is 19.1. The van der Waals surface area contributed by atoms with Gasteiger partial charge in [0.05, 0.1) is 36.5 Å². The van der Waals surface area contributed by atoms with Crippen LogP contribution in [0.5, 0.6) is 0 Å². The Hall–Kier alpha value is -12.7. The quantitative estimate of drug-likeness (QED) is 0.0147. The van der Waals surface area contributed by atoms with Crippen LogP contribution < -0.4 is 0 Å². The first-order valence-corrected chi connectivity index (χ1v) is 46.3. The first-order chi connectivity index (χ1) is 61.1. The number of aryl methyl sites for hydroxylation is 6. The van der Waals surface area contributed by atoms with E-state index in [4.69, 9.17) is 14.2 Å². The molecule has 15 aromatic carbocycles. The summed E-state index contributed by atoms with van der Waals surface area (Å²) in [6.07, 6.45) is 27.0. The zero-order valence-electron chi connectivity index (χ0n) is 74.6. The van der Waals surface area contributed by atoms with Crippen LogP contribution in [0.25, 0.3) is 119 Å². The van der Waals surface area contributed by atoms with Gasteiger partial charge in [-0.3, -0.25) is 0 Å². The highest BCUT2D eigenvalue weighted by Crippen LogP contribution is 2.46. The van der Waals surface area contributed by atoms with Crippen LogP contribution in [0.3, 0.4) is 0 Å². The molecule has 125 heavy (non-hydrogen) atoms. The van der Waals surface area contributed by atoms with Gasteiger partial charge in [-0.25, -0.2) is 14.4 Å². The second-order valence-electron chi connectivity index (χ2n) is 35.1. The van der Waals surface area contributed by atoms with E-state index in [9.17, 15) is 14.4 Å². The van der Waals surface area contributed by atoms with Gasteiger partial charge in [0.2, 0.25) is 0 Å². The maximum absolute atomic E-state index is 14.9. The van der Waals surface area contributed by atoms with Crippen molar-refractivity contribution in [1.82, 2.24) is 0 Å². The van der Waals surface area contributed by atoms with Crippen molar-refractivity contribution in [3.63, 3.8) is 0 Å². The van der Waals surface area contributed by atoms with E-state index in [2.05, 4.69) is 267 Å². The Morgan fingerprint density at radius 1 is 0.232 bits per heavy atom. The molecule has 1 aliphatic rings. The largest absolute Gasteiger partial charge is 0.462 e. The molecule has 0 heterocycles. The topological polar surface area (TPSA) is 78.9 Å². The summed E-state index contributed by atoms with van der Waals surface area (Å²) >= 11 is 0. The number of ether oxygens (including phenoxy) is 3. The van der Waals surface area contributed by atoms with Gasteiger partial charge in [-0.1, -0.05) is 312 Å². The molecule has 0 spiro atoms. The number of esters is 3. The fourth-order valence-corrected chi connectivity index (χ4v) is 19.3. The lowest BCUT2D eigenvalue weighted by molar-refractivity contribution is 0.0488. The van der Waals surface area contributed by atoms with Crippen LogP contribution >= 0.6 is 0 Å². The van der Waals surface area contributed by atoms with Crippen molar-refractivity contribution in [3.05, 3.63) is 295 Å². The molecule has 0 fully saturated rings. The Bertz CT molecular complexity index is 6620. The molecular weight excluding hydrogens is 1530 g/mol. The monoisotopic (exact) mass is 1640 g/mol. The average Bonchev–Trinajstić information content (AvgIpc) is 0.731. The van der Waals surface area contributed by atoms with E-state index < -0.39 is 5.97 Å². The van der Waals surface area contributed by atoms with Gasteiger partial charge in [0.15, 0.2) is 0 Å². The molecule has 626 valence electrons. The predicted molar refractivity (Wildman–Crippen MR) is 525 cm³/mol. The van der Waals surface area contributed by atoms with Crippen molar-refractivity contribution in [2.45, 2.75) is 216 Å². The highest BCUT2D eigenvalue weighted by atomic mass is 16.5. The Kier molecular flexibility index (Phi) is 27.4. The van der Waals surface area contributed by atoms with Crippen molar-refractivity contribution in [3.8, 4) is 69.6 Å². The molecule has 0 saturated heterocycles. The number of rotatable bonds is 30. The van der Waals surface area contributed by atoms with Gasteiger partial charge in [-0.2, -0.15) is 0 Å². The fourth-order valence-electron chi connectivity index (χ4n) is 19.3. The molecule has 6 nitrogen and oxygen atoms in total. The van der Waals surface area contributed by atoms with Gasteiger partial charge >= 0.3 is 17.9 Å². The molecule has 6 heteroatoms. The number of carbonyl (C=O) groups excluding carboxylic acids is 3. The first-order valence-electron chi connectivity index (χ1n) is 46.3. The van der Waals surface area contributed by atoms with E-state index in [-0.39, 0.29) is 11.9 Å². The first kappa shape index (κ1) is 85.8. The fraction of sp³-hybridized carbons (Fsp3) is 0.303. The van der Waals surface area contributed by atoms with Crippen LogP contribution in [-0.2, 0) is 14.2 Å². The van der Waals surface area contributed by atoms with Gasteiger partial charge in [-0.05, 0) is 304 Å². The molecule has 16 rings (SSSR count). The maximum atomic E-state index is 14.9. The van der Waals surface area contributed by atoms with Crippen molar-refractivity contribution in [2.24, 2.45) is 0 Å². The third-order valence-electron chi connectivity index (χ3n) is 25.7. The molecule has 0 unspecified atom stereocenters. The standard InChI is InChI=1S/C119H114O6/c1-10-13-16-19-22-25-28-31-60-123-117(120)97-66-84-52-56-90-72-95-76-106(104-50-38-44-82(8)112(104)115(95)110-80(6)42-36-48-102(90)110)92-64-86(68-98(74-92)118(121)124-61-32-29-26-23-20-17-14-11-2)54-58-88-70-94-71-89(101-47-35-41-79(5)109(101)114(94)108-78(4)40-34-46-100(88)108)59-55-87-65-93(75-99(69-87)119(122)125-62-33-30-27-24-21-18-15-12-3)107-77-96-73-91(57-53-85(63-84)67-97)103-49-37-43-81(7)111(103)116(96)113-83(9)45-39-51-105(107)113/h34-51,63-77H,10-33,60-62H2,1-9H3. The Morgan fingerprint density at radius 3 is 0.744 bits per heavy atom. The zero-order valence-corrected chi connectivity index (χ0v) is 74.6. The number of benzene rings is 15. The van der Waals surface area contributed by atoms with E-state index in [1.807, 2.05) is 42.5 Å².